The summed E-state index contributed by atoms with van der Waals surface area (Å²) in [4.78, 5) is 2.16. The fourth-order valence-electron chi connectivity index (χ4n) is 2.22. The molecule has 2 rings (SSSR count). The minimum atomic E-state index is -1.62. The molecule has 0 aliphatic carbocycles. The van der Waals surface area contributed by atoms with Crippen LogP contribution >= 0.6 is 15.9 Å². The molecule has 0 saturated heterocycles. The monoisotopic (exact) mass is 333 g/mol. The van der Waals surface area contributed by atoms with Crippen LogP contribution in [0.25, 0.3) is 0 Å². The van der Waals surface area contributed by atoms with Gasteiger partial charge in [-0.1, -0.05) is 63.7 Å². The average molecular weight is 334 g/mol. The van der Waals surface area contributed by atoms with Crippen molar-refractivity contribution in [3.05, 3.63) is 53.0 Å². The van der Waals surface area contributed by atoms with Gasteiger partial charge in [0.2, 0.25) is 0 Å². The van der Waals surface area contributed by atoms with E-state index in [-0.39, 0.29) is 0 Å². The van der Waals surface area contributed by atoms with Gasteiger partial charge in [0.1, 0.15) is 8.07 Å². The van der Waals surface area contributed by atoms with Gasteiger partial charge in [-0.05, 0) is 24.3 Å². The quantitative estimate of drug-likeness (QED) is 0.778. The highest BCUT2D eigenvalue weighted by Gasteiger charge is 2.26. The largest absolute Gasteiger partial charge is 0.378 e. The van der Waals surface area contributed by atoms with Crippen LogP contribution in [0.3, 0.4) is 0 Å². The van der Waals surface area contributed by atoms with Gasteiger partial charge in [0.25, 0.3) is 0 Å². The molecule has 0 amide bonds. The second-order valence-electron chi connectivity index (χ2n) is 5.58. The molecule has 0 unspecified atom stereocenters. The van der Waals surface area contributed by atoms with Crippen molar-refractivity contribution in [2.75, 3.05) is 19.0 Å². The molecule has 3 heteroatoms. The third-order valence-electron chi connectivity index (χ3n) is 3.63. The number of anilines is 1. The van der Waals surface area contributed by atoms with Gasteiger partial charge >= 0.3 is 0 Å². The van der Waals surface area contributed by atoms with E-state index in [0.29, 0.717) is 0 Å². The maximum Gasteiger partial charge on any atom is 0.112 e. The van der Waals surface area contributed by atoms with Gasteiger partial charge in [0, 0.05) is 24.3 Å². The molecular weight excluding hydrogens is 314 g/mol. The second kappa shape index (κ2) is 5.51. The minimum absolute atomic E-state index is 1.16. The zero-order valence-corrected chi connectivity index (χ0v) is 14.5. The highest BCUT2D eigenvalue weighted by atomic mass is 79.9. The Morgan fingerprint density at radius 2 is 1.47 bits per heavy atom. The number of hydrogen-bond acceptors (Lipinski definition) is 1. The van der Waals surface area contributed by atoms with Crippen LogP contribution in [0.4, 0.5) is 5.69 Å². The Kier molecular flexibility index (Phi) is 4.16. The standard InChI is InChI=1S/C16H20BrNSi/c1-18(2)14-8-6-10-16(12-14)19(3,4)15-9-5-7-13(17)11-15/h5-12H,1-4H3. The summed E-state index contributed by atoms with van der Waals surface area (Å²) < 4.78 is 1.16. The summed E-state index contributed by atoms with van der Waals surface area (Å²) in [6, 6.07) is 17.6. The molecule has 2 aromatic carbocycles. The molecule has 19 heavy (non-hydrogen) atoms. The average Bonchev–Trinajstić information content (AvgIpc) is 2.39. The lowest BCUT2D eigenvalue weighted by Crippen LogP contribution is -2.52. The fraction of sp³-hybridized carbons (Fsp3) is 0.250. The van der Waals surface area contributed by atoms with Gasteiger partial charge in [-0.25, -0.2) is 0 Å². The van der Waals surface area contributed by atoms with Crippen LogP contribution in [0.15, 0.2) is 53.0 Å². The first kappa shape index (κ1) is 14.3. The third-order valence-corrected chi connectivity index (χ3v) is 7.63. The molecule has 0 fully saturated rings. The van der Waals surface area contributed by atoms with Crippen molar-refractivity contribution in [3.8, 4) is 0 Å². The lowest BCUT2D eigenvalue weighted by molar-refractivity contribution is 1.13. The molecule has 0 radical (unpaired) electrons. The van der Waals surface area contributed by atoms with E-state index in [1.807, 2.05) is 0 Å². The van der Waals surface area contributed by atoms with E-state index in [9.17, 15) is 0 Å². The van der Waals surface area contributed by atoms with Gasteiger partial charge in [0.15, 0.2) is 0 Å². The molecule has 0 aliphatic rings. The van der Waals surface area contributed by atoms with Crippen LogP contribution in [0.2, 0.25) is 13.1 Å². The highest BCUT2D eigenvalue weighted by Crippen LogP contribution is 2.14. The number of halogens is 1. The Morgan fingerprint density at radius 3 is 2.05 bits per heavy atom. The summed E-state index contributed by atoms with van der Waals surface area (Å²) in [5, 5.41) is 2.93. The Morgan fingerprint density at radius 1 is 0.895 bits per heavy atom. The maximum absolute atomic E-state index is 3.58. The van der Waals surface area contributed by atoms with Crippen molar-refractivity contribution in [2.45, 2.75) is 13.1 Å². The molecule has 0 aliphatic heterocycles. The normalized spacial score (nSPS) is 11.4. The maximum atomic E-state index is 3.58. The zero-order valence-electron chi connectivity index (χ0n) is 11.9. The Hall–Kier alpha value is -1.06. The van der Waals surface area contributed by atoms with Crippen LogP contribution in [0.5, 0.6) is 0 Å². The highest BCUT2D eigenvalue weighted by molar-refractivity contribution is 9.10. The van der Waals surface area contributed by atoms with Gasteiger partial charge < -0.3 is 4.90 Å². The van der Waals surface area contributed by atoms with Crippen molar-refractivity contribution in [1.82, 2.24) is 0 Å². The number of rotatable bonds is 3. The summed E-state index contributed by atoms with van der Waals surface area (Å²) in [6.45, 7) is 4.81. The lowest BCUT2D eigenvalue weighted by Gasteiger charge is -2.25. The first-order valence-corrected chi connectivity index (χ1v) is 10.2. The second-order valence-corrected chi connectivity index (χ2v) is 10.9. The van der Waals surface area contributed by atoms with Gasteiger partial charge in [0.05, 0.1) is 0 Å². The molecule has 0 atom stereocenters. The minimum Gasteiger partial charge on any atom is -0.378 e. The first-order valence-electron chi connectivity index (χ1n) is 6.45. The third kappa shape index (κ3) is 3.10. The van der Waals surface area contributed by atoms with Gasteiger partial charge in [-0.3, -0.25) is 0 Å². The van der Waals surface area contributed by atoms with Crippen molar-refractivity contribution in [2.24, 2.45) is 0 Å². The fourth-order valence-corrected chi connectivity index (χ4v) is 5.21. The van der Waals surface area contributed by atoms with Crippen LogP contribution < -0.4 is 15.3 Å². The summed E-state index contributed by atoms with van der Waals surface area (Å²) >= 11 is 3.58. The van der Waals surface area contributed by atoms with Gasteiger partial charge in [-0.15, -0.1) is 0 Å². The van der Waals surface area contributed by atoms with Crippen LogP contribution in [-0.4, -0.2) is 22.2 Å². The van der Waals surface area contributed by atoms with E-state index in [1.54, 1.807) is 0 Å². The van der Waals surface area contributed by atoms with E-state index in [4.69, 9.17) is 0 Å². The molecule has 0 aromatic heterocycles. The van der Waals surface area contributed by atoms with Crippen molar-refractivity contribution in [3.63, 3.8) is 0 Å². The van der Waals surface area contributed by atoms with E-state index in [2.05, 4.69) is 96.6 Å². The first-order chi connectivity index (χ1) is 8.91. The summed E-state index contributed by atoms with van der Waals surface area (Å²) in [5.74, 6) is 0. The predicted octanol–water partition coefficient (Wildman–Crippen LogP) is 3.34. The summed E-state index contributed by atoms with van der Waals surface area (Å²) in [7, 11) is 2.56. The molecule has 2 aromatic rings. The van der Waals surface area contributed by atoms with E-state index in [0.717, 1.165) is 4.47 Å². The van der Waals surface area contributed by atoms with E-state index < -0.39 is 8.07 Å². The van der Waals surface area contributed by atoms with Crippen LogP contribution in [-0.2, 0) is 0 Å². The number of nitrogens with zero attached hydrogens (tertiary/aromatic N) is 1. The molecule has 0 N–H and O–H groups in total. The number of benzene rings is 2. The SMILES string of the molecule is CN(C)c1cccc([Si](C)(C)c2cccc(Br)c2)c1. The van der Waals surface area contributed by atoms with Crippen LogP contribution in [0, 0.1) is 0 Å². The van der Waals surface area contributed by atoms with Crippen molar-refractivity contribution >= 4 is 40.1 Å². The Balaban J connectivity index is 2.47. The molecule has 0 heterocycles. The lowest BCUT2D eigenvalue weighted by atomic mass is 10.3. The molecule has 100 valence electrons. The molecule has 1 nitrogen and oxygen atoms in total. The smallest absolute Gasteiger partial charge is 0.112 e. The van der Waals surface area contributed by atoms with E-state index >= 15 is 0 Å². The topological polar surface area (TPSA) is 3.24 Å². The van der Waals surface area contributed by atoms with Gasteiger partial charge in [-0.2, -0.15) is 0 Å². The zero-order chi connectivity index (χ0) is 14.0. The summed E-state index contributed by atoms with van der Waals surface area (Å²) in [5.41, 5.74) is 1.27. The Bertz CT molecular complexity index is 578. The molecular formula is C16H20BrNSi. The molecule has 0 spiro atoms. The van der Waals surface area contributed by atoms with Crippen LogP contribution in [0.1, 0.15) is 0 Å². The Labute approximate surface area is 125 Å². The summed E-state index contributed by atoms with van der Waals surface area (Å²) in [6.07, 6.45) is 0. The molecule has 0 saturated carbocycles. The number of hydrogen-bond donors (Lipinski definition) is 0. The van der Waals surface area contributed by atoms with E-state index in [1.165, 1.54) is 16.1 Å². The van der Waals surface area contributed by atoms with Crippen molar-refractivity contribution < 1.29 is 0 Å². The predicted molar refractivity (Wildman–Crippen MR) is 91.7 cm³/mol. The molecule has 0 bridgehead atoms. The van der Waals surface area contributed by atoms with Crippen molar-refractivity contribution in [1.29, 1.82) is 0 Å².